The third-order valence-corrected chi connectivity index (χ3v) is 4.02. The molecule has 0 radical (unpaired) electrons. The van der Waals surface area contributed by atoms with Crippen LogP contribution in [0.4, 0.5) is 0 Å². The first-order valence-electron chi connectivity index (χ1n) is 4.83. The van der Waals surface area contributed by atoms with Gasteiger partial charge in [0.05, 0.1) is 6.10 Å². The zero-order valence-corrected chi connectivity index (χ0v) is 8.22. The van der Waals surface area contributed by atoms with Crippen molar-refractivity contribution in [1.29, 1.82) is 0 Å². The van der Waals surface area contributed by atoms with Gasteiger partial charge in [-0.1, -0.05) is 0 Å². The molecule has 0 bridgehead atoms. The van der Waals surface area contributed by atoms with Gasteiger partial charge in [0, 0.05) is 19.6 Å². The summed E-state index contributed by atoms with van der Waals surface area (Å²) in [5.74, 6) is 3.59. The van der Waals surface area contributed by atoms with Crippen molar-refractivity contribution < 1.29 is 5.11 Å². The van der Waals surface area contributed by atoms with Gasteiger partial charge < -0.3 is 10.0 Å². The van der Waals surface area contributed by atoms with Gasteiger partial charge in [-0.15, -0.1) is 0 Å². The normalized spacial score (nSPS) is 37.8. The van der Waals surface area contributed by atoms with E-state index in [1.807, 2.05) is 0 Å². The quantitative estimate of drug-likeness (QED) is 0.692. The van der Waals surface area contributed by atoms with Crippen molar-refractivity contribution in [3.8, 4) is 0 Å². The summed E-state index contributed by atoms with van der Waals surface area (Å²) in [5, 5.41) is 9.33. The van der Waals surface area contributed by atoms with E-state index in [-0.39, 0.29) is 6.10 Å². The van der Waals surface area contributed by atoms with Gasteiger partial charge in [0.1, 0.15) is 0 Å². The van der Waals surface area contributed by atoms with Crippen LogP contribution in [-0.4, -0.2) is 47.3 Å². The minimum Gasteiger partial charge on any atom is -0.392 e. The summed E-state index contributed by atoms with van der Waals surface area (Å²) in [5.41, 5.74) is 0. The maximum absolute atomic E-state index is 9.33. The number of β-amino-alcohol motifs (C(OH)–C–C–N with tert-alkyl or cyclic N) is 1. The number of hydrogen-bond acceptors (Lipinski definition) is 3. The second-order valence-electron chi connectivity index (χ2n) is 3.93. The highest BCUT2D eigenvalue weighted by Crippen LogP contribution is 2.25. The Labute approximate surface area is 78.3 Å². The van der Waals surface area contributed by atoms with Crippen LogP contribution in [0, 0.1) is 5.92 Å². The molecule has 0 aromatic rings. The second-order valence-corrected chi connectivity index (χ2v) is 5.08. The minimum atomic E-state index is -0.0425. The molecule has 0 aromatic heterocycles. The van der Waals surface area contributed by atoms with Gasteiger partial charge in [-0.05, 0) is 30.3 Å². The van der Waals surface area contributed by atoms with Crippen molar-refractivity contribution in [2.45, 2.75) is 18.9 Å². The van der Waals surface area contributed by atoms with E-state index in [9.17, 15) is 5.11 Å². The number of hydrogen-bond donors (Lipinski definition) is 1. The van der Waals surface area contributed by atoms with Gasteiger partial charge in [0.25, 0.3) is 0 Å². The van der Waals surface area contributed by atoms with Gasteiger partial charge in [0.15, 0.2) is 0 Å². The Hall–Kier alpha value is 0.270. The number of aliphatic hydroxyl groups excluding tert-OH is 1. The Bertz CT molecular complexity index is 147. The Balaban J connectivity index is 1.72. The SMILES string of the molecule is O[C@H]1CCN(CC2CCSC2)C1. The molecule has 0 saturated carbocycles. The second kappa shape index (κ2) is 3.99. The number of nitrogens with zero attached hydrogens (tertiary/aromatic N) is 1. The average molecular weight is 187 g/mol. The third kappa shape index (κ3) is 2.15. The van der Waals surface area contributed by atoms with Crippen LogP contribution in [0.1, 0.15) is 12.8 Å². The number of aliphatic hydroxyl groups is 1. The summed E-state index contributed by atoms with van der Waals surface area (Å²) in [6.07, 6.45) is 2.33. The summed E-state index contributed by atoms with van der Waals surface area (Å²) in [4.78, 5) is 2.42. The highest BCUT2D eigenvalue weighted by atomic mass is 32.2. The fourth-order valence-corrected chi connectivity index (χ4v) is 3.34. The van der Waals surface area contributed by atoms with Crippen LogP contribution in [0.2, 0.25) is 0 Å². The van der Waals surface area contributed by atoms with Crippen LogP contribution in [0.5, 0.6) is 0 Å². The van der Waals surface area contributed by atoms with Crippen LogP contribution in [0.25, 0.3) is 0 Å². The standard InChI is InChI=1S/C9H17NOS/c11-9-1-3-10(6-9)5-8-2-4-12-7-8/h8-9,11H,1-7H2/t8?,9-/m0/s1. The Morgan fingerprint density at radius 2 is 2.33 bits per heavy atom. The van der Waals surface area contributed by atoms with Crippen molar-refractivity contribution in [3.63, 3.8) is 0 Å². The smallest absolute Gasteiger partial charge is 0.0679 e. The zero-order valence-electron chi connectivity index (χ0n) is 7.41. The summed E-state index contributed by atoms with van der Waals surface area (Å²) >= 11 is 2.08. The van der Waals surface area contributed by atoms with E-state index in [2.05, 4.69) is 16.7 Å². The Morgan fingerprint density at radius 3 is 2.92 bits per heavy atom. The predicted molar refractivity (Wildman–Crippen MR) is 52.5 cm³/mol. The summed E-state index contributed by atoms with van der Waals surface area (Å²) < 4.78 is 0. The molecule has 2 rings (SSSR count). The van der Waals surface area contributed by atoms with Gasteiger partial charge in [-0.3, -0.25) is 0 Å². The maximum Gasteiger partial charge on any atom is 0.0679 e. The topological polar surface area (TPSA) is 23.5 Å². The maximum atomic E-state index is 9.33. The first-order chi connectivity index (χ1) is 5.84. The molecule has 2 heterocycles. The Kier molecular flexibility index (Phi) is 2.94. The van der Waals surface area contributed by atoms with Crippen molar-refractivity contribution in [2.75, 3.05) is 31.1 Å². The van der Waals surface area contributed by atoms with Crippen LogP contribution >= 0.6 is 11.8 Å². The van der Waals surface area contributed by atoms with E-state index < -0.39 is 0 Å². The van der Waals surface area contributed by atoms with Crippen LogP contribution in [-0.2, 0) is 0 Å². The Morgan fingerprint density at radius 1 is 1.42 bits per heavy atom. The van der Waals surface area contributed by atoms with Crippen molar-refractivity contribution in [2.24, 2.45) is 5.92 Å². The van der Waals surface area contributed by atoms with Crippen LogP contribution in [0.15, 0.2) is 0 Å². The monoisotopic (exact) mass is 187 g/mol. The van der Waals surface area contributed by atoms with Crippen molar-refractivity contribution in [3.05, 3.63) is 0 Å². The highest BCUT2D eigenvalue weighted by Gasteiger charge is 2.24. The predicted octanol–water partition coefficient (Wildman–Crippen LogP) is 0.806. The lowest BCUT2D eigenvalue weighted by molar-refractivity contribution is 0.171. The molecular formula is C9H17NOS. The fraction of sp³-hybridized carbons (Fsp3) is 1.00. The summed E-state index contributed by atoms with van der Waals surface area (Å²) in [6, 6.07) is 0. The molecule has 2 aliphatic rings. The van der Waals surface area contributed by atoms with E-state index in [4.69, 9.17) is 0 Å². The molecule has 0 spiro atoms. The van der Waals surface area contributed by atoms with E-state index in [0.29, 0.717) is 0 Å². The first kappa shape index (κ1) is 8.85. The molecule has 12 heavy (non-hydrogen) atoms. The van der Waals surface area contributed by atoms with E-state index >= 15 is 0 Å². The molecule has 1 unspecified atom stereocenters. The lowest BCUT2D eigenvalue weighted by atomic mass is 10.1. The molecule has 2 nitrogen and oxygen atoms in total. The average Bonchev–Trinajstić information content (AvgIpc) is 2.63. The number of likely N-dealkylation sites (tertiary alicyclic amines) is 1. The van der Waals surface area contributed by atoms with E-state index in [1.165, 1.54) is 24.5 Å². The van der Waals surface area contributed by atoms with Gasteiger partial charge in [-0.25, -0.2) is 0 Å². The molecule has 0 amide bonds. The number of thioether (sulfide) groups is 1. The lowest BCUT2D eigenvalue weighted by Gasteiger charge is -2.18. The molecule has 1 N–H and O–H groups in total. The van der Waals surface area contributed by atoms with Crippen molar-refractivity contribution in [1.82, 2.24) is 4.90 Å². The van der Waals surface area contributed by atoms with Gasteiger partial charge in [-0.2, -0.15) is 11.8 Å². The molecule has 0 aliphatic carbocycles. The highest BCUT2D eigenvalue weighted by molar-refractivity contribution is 7.99. The fourth-order valence-electron chi connectivity index (χ4n) is 2.07. The molecule has 70 valence electrons. The minimum absolute atomic E-state index is 0.0425. The van der Waals surface area contributed by atoms with E-state index in [0.717, 1.165) is 25.4 Å². The molecular weight excluding hydrogens is 170 g/mol. The molecule has 3 heteroatoms. The summed E-state index contributed by atoms with van der Waals surface area (Å²) in [6.45, 7) is 3.26. The number of rotatable bonds is 2. The molecule has 2 saturated heterocycles. The molecule has 2 atom stereocenters. The molecule has 0 aromatic carbocycles. The third-order valence-electron chi connectivity index (χ3n) is 2.79. The van der Waals surface area contributed by atoms with Gasteiger partial charge >= 0.3 is 0 Å². The van der Waals surface area contributed by atoms with Crippen molar-refractivity contribution >= 4 is 11.8 Å². The van der Waals surface area contributed by atoms with Crippen LogP contribution < -0.4 is 0 Å². The van der Waals surface area contributed by atoms with Crippen LogP contribution in [0.3, 0.4) is 0 Å². The zero-order chi connectivity index (χ0) is 8.39. The lowest BCUT2D eigenvalue weighted by Crippen LogP contribution is -2.28. The first-order valence-corrected chi connectivity index (χ1v) is 5.98. The largest absolute Gasteiger partial charge is 0.392 e. The molecule has 2 aliphatic heterocycles. The van der Waals surface area contributed by atoms with Gasteiger partial charge in [0.2, 0.25) is 0 Å². The summed E-state index contributed by atoms with van der Waals surface area (Å²) in [7, 11) is 0. The molecule has 2 fully saturated rings. The van der Waals surface area contributed by atoms with E-state index in [1.54, 1.807) is 0 Å².